The van der Waals surface area contributed by atoms with Crippen molar-refractivity contribution in [2.75, 3.05) is 6.61 Å². The van der Waals surface area contributed by atoms with Crippen molar-refractivity contribution in [3.63, 3.8) is 0 Å². The zero-order valence-corrected chi connectivity index (χ0v) is 9.97. The topological polar surface area (TPSA) is 39.9 Å². The van der Waals surface area contributed by atoms with E-state index in [4.69, 9.17) is 16.3 Å². The maximum atomic E-state index is 5.70. The number of hydrogen-bond acceptors (Lipinski definition) is 3. The summed E-state index contributed by atoms with van der Waals surface area (Å²) in [6.07, 6.45) is 1.88. The molecule has 1 aromatic heterocycles. The number of ether oxygens (including phenoxy) is 1. The molecule has 0 aliphatic carbocycles. The average Bonchev–Trinajstić information content (AvgIpc) is 2.97. The number of halogens is 1. The normalized spacial score (nSPS) is 17.8. The van der Waals surface area contributed by atoms with Crippen LogP contribution in [0.25, 0.3) is 0 Å². The van der Waals surface area contributed by atoms with Crippen LogP contribution in [0.15, 0.2) is 30.5 Å². The van der Waals surface area contributed by atoms with Crippen LogP contribution in [0.5, 0.6) is 5.75 Å². The molecule has 1 atom stereocenters. The van der Waals surface area contributed by atoms with Crippen LogP contribution in [0.3, 0.4) is 0 Å². The second-order valence-electron chi connectivity index (χ2n) is 4.11. The van der Waals surface area contributed by atoms with E-state index in [1.54, 1.807) is 0 Å². The van der Waals surface area contributed by atoms with Crippen molar-refractivity contribution in [2.24, 2.45) is 0 Å². The predicted molar refractivity (Wildman–Crippen MR) is 64.3 cm³/mol. The fourth-order valence-corrected chi connectivity index (χ4v) is 2.22. The van der Waals surface area contributed by atoms with E-state index in [0.717, 1.165) is 18.0 Å². The van der Waals surface area contributed by atoms with Crippen LogP contribution in [0, 0.1) is 0 Å². The van der Waals surface area contributed by atoms with Crippen molar-refractivity contribution in [1.29, 1.82) is 0 Å². The lowest BCUT2D eigenvalue weighted by atomic mass is 10.0. The first-order valence-corrected chi connectivity index (χ1v) is 6.07. The molecule has 0 radical (unpaired) electrons. The lowest BCUT2D eigenvalue weighted by Crippen LogP contribution is -2.11. The van der Waals surface area contributed by atoms with Gasteiger partial charge in [0.25, 0.3) is 0 Å². The fourth-order valence-electron chi connectivity index (χ4n) is 2.10. The van der Waals surface area contributed by atoms with Gasteiger partial charge in [-0.3, -0.25) is 4.68 Å². The molecule has 0 fully saturated rings. The van der Waals surface area contributed by atoms with Crippen molar-refractivity contribution in [1.82, 2.24) is 15.0 Å². The van der Waals surface area contributed by atoms with E-state index in [9.17, 15) is 0 Å². The first kappa shape index (κ1) is 10.6. The van der Waals surface area contributed by atoms with E-state index >= 15 is 0 Å². The number of aromatic nitrogens is 3. The first-order valence-electron chi connectivity index (χ1n) is 5.53. The summed E-state index contributed by atoms with van der Waals surface area (Å²) in [5, 5.41) is 8.02. The highest BCUT2D eigenvalue weighted by molar-refractivity contribution is 6.16. The highest BCUT2D eigenvalue weighted by atomic mass is 35.5. The smallest absolute Gasteiger partial charge is 0.122 e. The lowest BCUT2D eigenvalue weighted by Gasteiger charge is -2.07. The van der Waals surface area contributed by atoms with Crippen LogP contribution in [0.4, 0.5) is 0 Å². The van der Waals surface area contributed by atoms with Gasteiger partial charge in [-0.1, -0.05) is 23.4 Å². The van der Waals surface area contributed by atoms with Gasteiger partial charge in [-0.15, -0.1) is 16.7 Å². The molecule has 17 heavy (non-hydrogen) atoms. The molecule has 5 heteroatoms. The van der Waals surface area contributed by atoms with Crippen LogP contribution >= 0.6 is 11.6 Å². The van der Waals surface area contributed by atoms with Gasteiger partial charge < -0.3 is 4.74 Å². The van der Waals surface area contributed by atoms with Crippen LogP contribution in [0.2, 0.25) is 0 Å². The first-order chi connectivity index (χ1) is 8.36. The fraction of sp³-hybridized carbons (Fsp3) is 0.333. The number of hydrogen-bond donors (Lipinski definition) is 0. The SMILES string of the molecule is ClCc1cn(CC2COc3ccccc32)nn1. The number of fused-ring (bicyclic) bond motifs is 1. The molecule has 1 unspecified atom stereocenters. The summed E-state index contributed by atoms with van der Waals surface area (Å²) in [7, 11) is 0. The number of benzene rings is 1. The quantitative estimate of drug-likeness (QED) is 0.783. The third kappa shape index (κ3) is 2.00. The van der Waals surface area contributed by atoms with Crippen molar-refractivity contribution < 1.29 is 4.74 Å². The molecule has 3 rings (SSSR count). The zero-order valence-electron chi connectivity index (χ0n) is 9.21. The summed E-state index contributed by atoms with van der Waals surface area (Å²) in [4.78, 5) is 0. The van der Waals surface area contributed by atoms with Crippen LogP contribution < -0.4 is 4.74 Å². The Kier molecular flexibility index (Phi) is 2.73. The monoisotopic (exact) mass is 249 g/mol. The van der Waals surface area contributed by atoms with Gasteiger partial charge in [0.2, 0.25) is 0 Å². The predicted octanol–water partition coefficient (Wildman–Crippen LogP) is 2.19. The summed E-state index contributed by atoms with van der Waals surface area (Å²) in [5.74, 6) is 1.73. The third-order valence-electron chi connectivity index (χ3n) is 2.93. The molecule has 88 valence electrons. The van der Waals surface area contributed by atoms with E-state index in [0.29, 0.717) is 18.4 Å². The molecule has 1 aliphatic rings. The molecule has 0 bridgehead atoms. The molecular formula is C12H12ClN3O. The molecule has 1 aromatic carbocycles. The standard InChI is InChI=1S/C12H12ClN3O/c13-5-10-7-16(15-14-10)6-9-8-17-12-4-2-1-3-11(9)12/h1-4,7,9H,5-6,8H2. The Hall–Kier alpha value is -1.55. The number of nitrogens with zero attached hydrogens (tertiary/aromatic N) is 3. The minimum atomic E-state index is 0.344. The Morgan fingerprint density at radius 1 is 1.41 bits per heavy atom. The molecule has 0 saturated carbocycles. The molecule has 0 amide bonds. The highest BCUT2D eigenvalue weighted by Gasteiger charge is 2.24. The lowest BCUT2D eigenvalue weighted by molar-refractivity contribution is 0.314. The molecule has 0 spiro atoms. The Morgan fingerprint density at radius 2 is 2.29 bits per heavy atom. The molecular weight excluding hydrogens is 238 g/mol. The molecule has 2 aromatic rings. The van der Waals surface area contributed by atoms with E-state index in [2.05, 4.69) is 16.4 Å². The van der Waals surface area contributed by atoms with Gasteiger partial charge in [-0.05, 0) is 6.07 Å². The summed E-state index contributed by atoms with van der Waals surface area (Å²) in [5.41, 5.74) is 2.05. The molecule has 4 nitrogen and oxygen atoms in total. The van der Waals surface area contributed by atoms with E-state index in [1.165, 1.54) is 5.56 Å². The van der Waals surface area contributed by atoms with E-state index in [-0.39, 0.29) is 0 Å². The van der Waals surface area contributed by atoms with Gasteiger partial charge in [-0.2, -0.15) is 0 Å². The Balaban J connectivity index is 1.79. The van der Waals surface area contributed by atoms with Crippen molar-refractivity contribution in [3.05, 3.63) is 41.7 Å². The second-order valence-corrected chi connectivity index (χ2v) is 4.38. The van der Waals surface area contributed by atoms with Gasteiger partial charge in [0.15, 0.2) is 0 Å². The van der Waals surface area contributed by atoms with Crippen molar-refractivity contribution in [3.8, 4) is 5.75 Å². The summed E-state index contributed by atoms with van der Waals surface area (Å²) in [6, 6.07) is 8.13. The number of para-hydroxylation sites is 1. The van der Waals surface area contributed by atoms with Crippen LogP contribution in [-0.2, 0) is 12.4 Å². The molecule has 2 heterocycles. The Labute approximate surface area is 104 Å². The van der Waals surface area contributed by atoms with Gasteiger partial charge >= 0.3 is 0 Å². The summed E-state index contributed by atoms with van der Waals surface area (Å²) < 4.78 is 7.46. The van der Waals surface area contributed by atoms with Gasteiger partial charge in [0, 0.05) is 17.7 Å². The number of alkyl halides is 1. The minimum Gasteiger partial charge on any atom is -0.493 e. The minimum absolute atomic E-state index is 0.344. The Morgan fingerprint density at radius 3 is 3.12 bits per heavy atom. The molecule has 1 aliphatic heterocycles. The van der Waals surface area contributed by atoms with Crippen molar-refractivity contribution >= 4 is 11.6 Å². The van der Waals surface area contributed by atoms with Crippen LogP contribution in [-0.4, -0.2) is 21.6 Å². The van der Waals surface area contributed by atoms with Gasteiger partial charge in [0.1, 0.15) is 5.75 Å². The average molecular weight is 250 g/mol. The second kappa shape index (κ2) is 4.37. The summed E-state index contributed by atoms with van der Waals surface area (Å²) in [6.45, 7) is 1.48. The maximum absolute atomic E-state index is 5.70. The van der Waals surface area contributed by atoms with Gasteiger partial charge in [0.05, 0.1) is 24.7 Å². The largest absolute Gasteiger partial charge is 0.493 e. The van der Waals surface area contributed by atoms with Crippen LogP contribution in [0.1, 0.15) is 17.2 Å². The number of rotatable bonds is 3. The third-order valence-corrected chi connectivity index (χ3v) is 3.20. The summed E-state index contributed by atoms with van der Waals surface area (Å²) >= 11 is 5.70. The van der Waals surface area contributed by atoms with E-state index in [1.807, 2.05) is 29.1 Å². The molecule has 0 N–H and O–H groups in total. The maximum Gasteiger partial charge on any atom is 0.122 e. The molecule has 0 saturated heterocycles. The van der Waals surface area contributed by atoms with Gasteiger partial charge in [-0.25, -0.2) is 0 Å². The zero-order chi connectivity index (χ0) is 11.7. The Bertz CT molecular complexity index is 526. The van der Waals surface area contributed by atoms with Crippen molar-refractivity contribution in [2.45, 2.75) is 18.3 Å². The van der Waals surface area contributed by atoms with E-state index < -0.39 is 0 Å². The highest BCUT2D eigenvalue weighted by Crippen LogP contribution is 2.34.